The second-order valence-corrected chi connectivity index (χ2v) is 7.41. The SMILES string of the molecule is CCC1(C)CCC(C)C2CC(C)(C2C)C1C. The van der Waals surface area contributed by atoms with Crippen molar-refractivity contribution in [3.8, 4) is 0 Å². The normalized spacial score (nSPS) is 57.4. The monoisotopic (exact) mass is 222 g/mol. The van der Waals surface area contributed by atoms with Gasteiger partial charge in [-0.3, -0.25) is 0 Å². The molecule has 0 heteroatoms. The van der Waals surface area contributed by atoms with E-state index in [-0.39, 0.29) is 0 Å². The molecule has 16 heavy (non-hydrogen) atoms. The van der Waals surface area contributed by atoms with Crippen LogP contribution in [0.2, 0.25) is 0 Å². The third kappa shape index (κ3) is 1.48. The first-order valence-corrected chi connectivity index (χ1v) is 7.35. The Morgan fingerprint density at radius 3 is 2.25 bits per heavy atom. The van der Waals surface area contributed by atoms with Gasteiger partial charge in [0, 0.05) is 0 Å². The molecule has 6 unspecified atom stereocenters. The first-order chi connectivity index (χ1) is 7.35. The van der Waals surface area contributed by atoms with Crippen molar-refractivity contribution in [2.24, 2.45) is 34.5 Å². The predicted molar refractivity (Wildman–Crippen MR) is 71.3 cm³/mol. The Hall–Kier alpha value is 0. The van der Waals surface area contributed by atoms with E-state index in [9.17, 15) is 0 Å². The molecule has 0 radical (unpaired) electrons. The Morgan fingerprint density at radius 2 is 1.75 bits per heavy atom. The second kappa shape index (κ2) is 3.75. The zero-order valence-corrected chi connectivity index (χ0v) is 12.1. The summed E-state index contributed by atoms with van der Waals surface area (Å²) in [6, 6.07) is 0. The molecular formula is C16H30. The van der Waals surface area contributed by atoms with E-state index in [2.05, 4.69) is 41.5 Å². The Labute approximate surface area is 102 Å². The van der Waals surface area contributed by atoms with Crippen LogP contribution < -0.4 is 0 Å². The number of fused-ring (bicyclic) bond motifs is 4. The Balaban J connectivity index is 2.29. The van der Waals surface area contributed by atoms with Gasteiger partial charge in [0.1, 0.15) is 0 Å². The molecule has 0 aromatic rings. The largest absolute Gasteiger partial charge is 0.0649 e. The minimum absolute atomic E-state index is 0.586. The van der Waals surface area contributed by atoms with Crippen LogP contribution in [-0.4, -0.2) is 0 Å². The molecule has 0 amide bonds. The highest BCUT2D eigenvalue weighted by molar-refractivity contribution is 5.06. The fourth-order valence-corrected chi connectivity index (χ4v) is 4.73. The standard InChI is InChI=1S/C16H30/c1-7-15(5)9-8-11(2)14-10-16(6,12(14)3)13(15)4/h11-14H,7-10H2,1-6H3. The summed E-state index contributed by atoms with van der Waals surface area (Å²) in [5, 5.41) is 0. The topological polar surface area (TPSA) is 0 Å². The second-order valence-electron chi connectivity index (χ2n) is 7.41. The molecule has 0 aromatic heterocycles. The van der Waals surface area contributed by atoms with E-state index in [1.165, 1.54) is 25.7 Å². The zero-order valence-electron chi connectivity index (χ0n) is 12.1. The minimum atomic E-state index is 0.586. The maximum atomic E-state index is 2.56. The van der Waals surface area contributed by atoms with Crippen molar-refractivity contribution in [2.75, 3.05) is 0 Å². The minimum Gasteiger partial charge on any atom is -0.0649 e. The highest BCUT2D eigenvalue weighted by atomic mass is 14.6. The Bertz CT molecular complexity index is 261. The highest BCUT2D eigenvalue weighted by Crippen LogP contribution is 2.64. The van der Waals surface area contributed by atoms with Gasteiger partial charge in [0.2, 0.25) is 0 Å². The highest BCUT2D eigenvalue weighted by Gasteiger charge is 2.57. The third-order valence-corrected chi connectivity index (χ3v) is 7.10. The Morgan fingerprint density at radius 1 is 1.12 bits per heavy atom. The molecule has 0 heterocycles. The lowest BCUT2D eigenvalue weighted by molar-refractivity contribution is -0.143. The third-order valence-electron chi connectivity index (χ3n) is 7.10. The molecule has 0 aliphatic heterocycles. The van der Waals surface area contributed by atoms with E-state index in [0.717, 1.165) is 23.7 Å². The van der Waals surface area contributed by atoms with E-state index < -0.39 is 0 Å². The van der Waals surface area contributed by atoms with Crippen LogP contribution in [0.5, 0.6) is 0 Å². The van der Waals surface area contributed by atoms with Crippen molar-refractivity contribution < 1.29 is 0 Å². The molecule has 6 atom stereocenters. The zero-order chi connectivity index (χ0) is 12.1. The quantitative estimate of drug-likeness (QED) is 0.577. The van der Waals surface area contributed by atoms with Crippen molar-refractivity contribution >= 4 is 0 Å². The predicted octanol–water partition coefficient (Wildman–Crippen LogP) is 5.13. The lowest BCUT2D eigenvalue weighted by Crippen LogP contribution is -2.56. The van der Waals surface area contributed by atoms with Crippen LogP contribution in [0.15, 0.2) is 0 Å². The average Bonchev–Trinajstić information content (AvgIpc) is 2.29. The van der Waals surface area contributed by atoms with E-state index in [0.29, 0.717) is 10.8 Å². The van der Waals surface area contributed by atoms with Gasteiger partial charge in [0.15, 0.2) is 0 Å². The Kier molecular flexibility index (Phi) is 2.92. The van der Waals surface area contributed by atoms with Gasteiger partial charge in [-0.25, -0.2) is 0 Å². The first kappa shape index (κ1) is 12.5. The fourth-order valence-electron chi connectivity index (χ4n) is 4.73. The van der Waals surface area contributed by atoms with Crippen molar-refractivity contribution in [3.05, 3.63) is 0 Å². The molecule has 0 aromatic carbocycles. The van der Waals surface area contributed by atoms with Crippen molar-refractivity contribution in [2.45, 2.75) is 67.2 Å². The fraction of sp³-hybridized carbons (Fsp3) is 1.00. The van der Waals surface area contributed by atoms with Crippen LogP contribution in [-0.2, 0) is 0 Å². The number of rotatable bonds is 1. The molecule has 2 bridgehead atoms. The van der Waals surface area contributed by atoms with Crippen LogP contribution in [0, 0.1) is 34.5 Å². The van der Waals surface area contributed by atoms with Gasteiger partial charge < -0.3 is 0 Å². The van der Waals surface area contributed by atoms with E-state index in [1.807, 2.05) is 0 Å². The lowest BCUT2D eigenvalue weighted by Gasteiger charge is -2.63. The van der Waals surface area contributed by atoms with Gasteiger partial charge in [-0.15, -0.1) is 0 Å². The lowest BCUT2D eigenvalue weighted by atomic mass is 9.42. The smallest absolute Gasteiger partial charge is 0.0264 e. The van der Waals surface area contributed by atoms with Gasteiger partial charge in [-0.1, -0.05) is 48.0 Å². The van der Waals surface area contributed by atoms with E-state index >= 15 is 0 Å². The molecule has 3 saturated carbocycles. The van der Waals surface area contributed by atoms with Gasteiger partial charge in [-0.2, -0.15) is 0 Å². The molecule has 0 N–H and O–H groups in total. The summed E-state index contributed by atoms with van der Waals surface area (Å²) in [6.07, 6.45) is 5.75. The first-order valence-electron chi connectivity index (χ1n) is 7.35. The summed E-state index contributed by atoms with van der Waals surface area (Å²) in [6.45, 7) is 15.0. The van der Waals surface area contributed by atoms with E-state index in [4.69, 9.17) is 0 Å². The van der Waals surface area contributed by atoms with Crippen LogP contribution in [0.1, 0.15) is 67.2 Å². The van der Waals surface area contributed by atoms with Crippen LogP contribution in [0.25, 0.3) is 0 Å². The molecule has 3 aliphatic rings. The van der Waals surface area contributed by atoms with Crippen molar-refractivity contribution in [3.63, 3.8) is 0 Å². The van der Waals surface area contributed by atoms with Gasteiger partial charge in [-0.05, 0) is 53.8 Å². The summed E-state index contributed by atoms with van der Waals surface area (Å²) in [5.74, 6) is 3.82. The summed E-state index contributed by atoms with van der Waals surface area (Å²) < 4.78 is 0. The van der Waals surface area contributed by atoms with Gasteiger partial charge >= 0.3 is 0 Å². The summed E-state index contributed by atoms with van der Waals surface area (Å²) in [5.41, 5.74) is 1.22. The number of hydrogen-bond donors (Lipinski definition) is 0. The van der Waals surface area contributed by atoms with Gasteiger partial charge in [0.25, 0.3) is 0 Å². The molecule has 3 aliphatic carbocycles. The summed E-state index contributed by atoms with van der Waals surface area (Å²) >= 11 is 0. The van der Waals surface area contributed by atoms with Crippen LogP contribution in [0.3, 0.4) is 0 Å². The molecule has 0 saturated heterocycles. The molecule has 0 spiro atoms. The maximum absolute atomic E-state index is 2.56. The molecule has 94 valence electrons. The summed E-state index contributed by atoms with van der Waals surface area (Å²) in [4.78, 5) is 0. The van der Waals surface area contributed by atoms with Gasteiger partial charge in [0.05, 0.1) is 0 Å². The summed E-state index contributed by atoms with van der Waals surface area (Å²) in [7, 11) is 0. The van der Waals surface area contributed by atoms with Crippen molar-refractivity contribution in [1.29, 1.82) is 0 Å². The number of hydrogen-bond acceptors (Lipinski definition) is 0. The molecule has 3 rings (SSSR count). The van der Waals surface area contributed by atoms with Crippen molar-refractivity contribution in [1.82, 2.24) is 0 Å². The maximum Gasteiger partial charge on any atom is -0.0264 e. The van der Waals surface area contributed by atoms with E-state index in [1.54, 1.807) is 0 Å². The van der Waals surface area contributed by atoms with Crippen LogP contribution in [0.4, 0.5) is 0 Å². The molecular weight excluding hydrogens is 192 g/mol. The molecule has 0 nitrogen and oxygen atoms in total. The molecule has 3 fully saturated rings. The average molecular weight is 222 g/mol. The van der Waals surface area contributed by atoms with Crippen LogP contribution >= 0.6 is 0 Å².